The highest BCUT2D eigenvalue weighted by Gasteiger charge is 2.21. The molecule has 0 fully saturated rings. The minimum atomic E-state index is 0. The van der Waals surface area contributed by atoms with Crippen molar-refractivity contribution in [2.45, 2.75) is 6.42 Å². The van der Waals surface area contributed by atoms with Gasteiger partial charge in [0.25, 0.3) is 0 Å². The zero-order valence-corrected chi connectivity index (χ0v) is 18.0. The molecule has 1 heterocycles. The van der Waals surface area contributed by atoms with Crippen molar-refractivity contribution in [1.82, 2.24) is 0 Å². The Labute approximate surface area is 176 Å². The van der Waals surface area contributed by atoms with E-state index in [1.807, 2.05) is 6.07 Å². The number of nitrogens with two attached hydrogens (primary N) is 1. The summed E-state index contributed by atoms with van der Waals surface area (Å²) in [5.74, 6) is 1.47. The van der Waals surface area contributed by atoms with E-state index in [0.29, 0.717) is 29.2 Å². The van der Waals surface area contributed by atoms with Crippen molar-refractivity contribution in [3.63, 3.8) is 0 Å². The molecule has 1 unspecified atom stereocenters. The van der Waals surface area contributed by atoms with Crippen LogP contribution in [0, 0.1) is 5.92 Å². The Bertz CT molecular complexity index is 784. The fourth-order valence-corrected chi connectivity index (χ4v) is 3.46. The third-order valence-corrected chi connectivity index (χ3v) is 4.68. The van der Waals surface area contributed by atoms with Gasteiger partial charge < -0.3 is 20.7 Å². The first-order chi connectivity index (χ1) is 12.1. The van der Waals surface area contributed by atoms with E-state index in [2.05, 4.69) is 46.5 Å². The van der Waals surface area contributed by atoms with Crippen molar-refractivity contribution in [3.05, 3.63) is 53.1 Å². The van der Waals surface area contributed by atoms with E-state index in [1.165, 1.54) is 11.3 Å². The van der Waals surface area contributed by atoms with Crippen molar-refractivity contribution in [2.75, 3.05) is 37.5 Å². The highest BCUT2D eigenvalue weighted by molar-refractivity contribution is 14.0. The van der Waals surface area contributed by atoms with Crippen LogP contribution >= 0.6 is 35.6 Å². The van der Waals surface area contributed by atoms with E-state index in [1.54, 1.807) is 19.2 Å². The van der Waals surface area contributed by atoms with Gasteiger partial charge in [-0.2, -0.15) is 0 Å². The van der Waals surface area contributed by atoms with Gasteiger partial charge in [-0.15, -0.1) is 24.0 Å². The molecule has 0 amide bonds. The van der Waals surface area contributed by atoms with Crippen molar-refractivity contribution in [1.29, 1.82) is 0 Å². The molecule has 0 saturated heterocycles. The molecule has 0 radical (unpaired) electrons. The fourth-order valence-electron chi connectivity index (χ4n) is 3.20. The van der Waals surface area contributed by atoms with Gasteiger partial charge in [0.05, 0.1) is 12.1 Å². The SMILES string of the molecule is COc1ccc(NC(N)=NCC2Cc3ccccc3N(C)C2)cc1Cl.I. The van der Waals surface area contributed by atoms with Gasteiger partial charge >= 0.3 is 0 Å². The zero-order valence-electron chi connectivity index (χ0n) is 14.9. The molecule has 0 saturated carbocycles. The number of fused-ring (bicyclic) bond motifs is 1. The standard InChI is InChI=1S/C19H23ClN4O.HI/c1-24-12-13(9-14-5-3-4-6-17(14)24)11-22-19(21)23-15-7-8-18(25-2)16(20)10-15;/h3-8,10,13H,9,11-12H2,1-2H3,(H3,21,22,23);1H. The molecular formula is C19H24ClIN4O. The van der Waals surface area contributed by atoms with E-state index in [9.17, 15) is 0 Å². The summed E-state index contributed by atoms with van der Waals surface area (Å²) < 4.78 is 5.14. The fraction of sp³-hybridized carbons (Fsp3) is 0.316. The Balaban J connectivity index is 0.00000243. The van der Waals surface area contributed by atoms with Gasteiger partial charge in [0.2, 0.25) is 0 Å². The molecule has 2 aromatic rings. The second kappa shape index (κ2) is 9.32. The molecule has 0 aromatic heterocycles. The number of ether oxygens (including phenoxy) is 1. The molecule has 0 spiro atoms. The van der Waals surface area contributed by atoms with E-state index >= 15 is 0 Å². The summed E-state index contributed by atoms with van der Waals surface area (Å²) in [5, 5.41) is 3.61. The van der Waals surface area contributed by atoms with Crippen molar-refractivity contribution in [2.24, 2.45) is 16.6 Å². The summed E-state index contributed by atoms with van der Waals surface area (Å²) in [6.45, 7) is 1.66. The van der Waals surface area contributed by atoms with Crippen molar-refractivity contribution >= 4 is 52.9 Å². The largest absolute Gasteiger partial charge is 0.495 e. The molecule has 140 valence electrons. The van der Waals surface area contributed by atoms with Crippen LogP contribution < -0.4 is 20.7 Å². The molecule has 26 heavy (non-hydrogen) atoms. The van der Waals surface area contributed by atoms with Crippen LogP contribution in [0.2, 0.25) is 5.02 Å². The number of hydrogen-bond acceptors (Lipinski definition) is 3. The van der Waals surface area contributed by atoms with Gasteiger partial charge in [0, 0.05) is 37.4 Å². The van der Waals surface area contributed by atoms with Crippen molar-refractivity contribution < 1.29 is 4.74 Å². The maximum absolute atomic E-state index is 6.12. The van der Waals surface area contributed by atoms with Crippen LogP contribution in [0.15, 0.2) is 47.5 Å². The molecule has 2 aromatic carbocycles. The van der Waals surface area contributed by atoms with E-state index in [-0.39, 0.29) is 24.0 Å². The minimum absolute atomic E-state index is 0. The number of hydrogen-bond donors (Lipinski definition) is 2. The third kappa shape index (κ3) is 4.94. The van der Waals surface area contributed by atoms with Gasteiger partial charge in [-0.1, -0.05) is 29.8 Å². The van der Waals surface area contributed by atoms with Crippen LogP contribution in [0.1, 0.15) is 5.56 Å². The Kier molecular flexibility index (Phi) is 7.40. The van der Waals surface area contributed by atoms with Crippen molar-refractivity contribution in [3.8, 4) is 5.75 Å². The average Bonchev–Trinajstić information content (AvgIpc) is 2.60. The average molecular weight is 487 g/mol. The summed E-state index contributed by atoms with van der Waals surface area (Å²) in [5.41, 5.74) is 9.49. The highest BCUT2D eigenvalue weighted by atomic mass is 127. The van der Waals surface area contributed by atoms with Gasteiger partial charge in [0.1, 0.15) is 5.75 Å². The first kappa shape index (κ1) is 20.6. The molecular weight excluding hydrogens is 463 g/mol. The highest BCUT2D eigenvalue weighted by Crippen LogP contribution is 2.29. The van der Waals surface area contributed by atoms with Crippen LogP contribution in [0.25, 0.3) is 0 Å². The van der Waals surface area contributed by atoms with Crippen LogP contribution in [-0.4, -0.2) is 33.2 Å². The number of rotatable bonds is 4. The number of benzene rings is 2. The monoisotopic (exact) mass is 486 g/mol. The predicted octanol–water partition coefficient (Wildman–Crippen LogP) is 4.00. The van der Waals surface area contributed by atoms with Crippen LogP contribution in [0.5, 0.6) is 5.75 Å². The summed E-state index contributed by atoms with van der Waals surface area (Å²) in [4.78, 5) is 6.79. The van der Waals surface area contributed by atoms with Crippen LogP contribution in [0.3, 0.4) is 0 Å². The maximum Gasteiger partial charge on any atom is 0.193 e. The van der Waals surface area contributed by atoms with Gasteiger partial charge in [-0.05, 0) is 36.2 Å². The number of halogens is 2. The first-order valence-corrected chi connectivity index (χ1v) is 8.64. The lowest BCUT2D eigenvalue weighted by Gasteiger charge is -2.32. The lowest BCUT2D eigenvalue weighted by atomic mass is 9.93. The third-order valence-electron chi connectivity index (χ3n) is 4.39. The smallest absolute Gasteiger partial charge is 0.193 e. The second-order valence-corrected chi connectivity index (χ2v) is 6.69. The Morgan fingerprint density at radius 2 is 2.12 bits per heavy atom. The Morgan fingerprint density at radius 3 is 2.85 bits per heavy atom. The summed E-state index contributed by atoms with van der Waals surface area (Å²) in [6, 6.07) is 13.9. The lowest BCUT2D eigenvalue weighted by molar-refractivity contribution is 0.415. The first-order valence-electron chi connectivity index (χ1n) is 8.26. The number of para-hydroxylation sites is 1. The van der Waals surface area contributed by atoms with Gasteiger partial charge in [-0.25, -0.2) is 0 Å². The molecule has 0 aliphatic carbocycles. The van der Waals surface area contributed by atoms with E-state index < -0.39 is 0 Å². The van der Waals surface area contributed by atoms with E-state index in [4.69, 9.17) is 22.1 Å². The molecule has 1 aliphatic rings. The Morgan fingerprint density at radius 1 is 1.35 bits per heavy atom. The number of aliphatic imine (C=N–C) groups is 1. The number of anilines is 2. The molecule has 7 heteroatoms. The Hall–Kier alpha value is -1.67. The van der Waals surface area contributed by atoms with Gasteiger partial charge in [0.15, 0.2) is 5.96 Å². The quantitative estimate of drug-likeness (QED) is 0.390. The predicted molar refractivity (Wildman–Crippen MR) is 120 cm³/mol. The molecule has 1 aliphatic heterocycles. The normalized spacial score (nSPS) is 16.5. The summed E-state index contributed by atoms with van der Waals surface area (Å²) >= 11 is 6.12. The maximum atomic E-state index is 6.12. The summed E-state index contributed by atoms with van der Waals surface area (Å²) in [6.07, 6.45) is 1.02. The lowest BCUT2D eigenvalue weighted by Crippen LogP contribution is -2.34. The number of nitrogens with zero attached hydrogens (tertiary/aromatic N) is 2. The van der Waals surface area contributed by atoms with Crippen LogP contribution in [-0.2, 0) is 6.42 Å². The number of guanidine groups is 1. The number of nitrogens with one attached hydrogen (secondary N) is 1. The topological polar surface area (TPSA) is 62.9 Å². The molecule has 1 atom stereocenters. The summed E-state index contributed by atoms with van der Waals surface area (Å²) in [7, 11) is 3.71. The second-order valence-electron chi connectivity index (χ2n) is 6.28. The molecule has 5 nitrogen and oxygen atoms in total. The number of methoxy groups -OCH3 is 1. The molecule has 3 N–H and O–H groups in total. The van der Waals surface area contributed by atoms with Crippen LogP contribution in [0.4, 0.5) is 11.4 Å². The molecule has 0 bridgehead atoms. The molecule has 3 rings (SSSR count). The van der Waals surface area contributed by atoms with Gasteiger partial charge in [-0.3, -0.25) is 4.99 Å². The zero-order chi connectivity index (χ0) is 17.8. The van der Waals surface area contributed by atoms with E-state index in [0.717, 1.165) is 18.7 Å². The minimum Gasteiger partial charge on any atom is -0.495 e.